The molecule has 1 aliphatic rings. The van der Waals surface area contributed by atoms with Crippen LogP contribution in [0.2, 0.25) is 0 Å². The second-order valence-electron chi connectivity index (χ2n) is 6.47. The Morgan fingerprint density at radius 1 is 1.12 bits per heavy atom. The van der Waals surface area contributed by atoms with E-state index in [0.717, 1.165) is 23.3 Å². The minimum atomic E-state index is -3.21. The van der Waals surface area contributed by atoms with E-state index in [9.17, 15) is 8.42 Å². The van der Waals surface area contributed by atoms with Crippen LogP contribution in [0.5, 0.6) is 5.75 Å². The van der Waals surface area contributed by atoms with Crippen LogP contribution in [0.25, 0.3) is 0 Å². The number of nitrogens with one attached hydrogen (secondary N) is 2. The molecule has 134 valence electrons. The van der Waals surface area contributed by atoms with Gasteiger partial charge in [0.05, 0.1) is 6.26 Å². The van der Waals surface area contributed by atoms with Crippen molar-refractivity contribution in [2.45, 2.75) is 24.9 Å². The molecular weight excluding hydrogens is 336 g/mol. The molecule has 5 nitrogen and oxygen atoms in total. The number of sulfonamides is 1. The van der Waals surface area contributed by atoms with Gasteiger partial charge in [-0.25, -0.2) is 13.1 Å². The highest BCUT2D eigenvalue weighted by Crippen LogP contribution is 2.36. The Labute approximate surface area is 149 Å². The lowest BCUT2D eigenvalue weighted by Gasteiger charge is -2.34. The Balaban J connectivity index is 1.89. The van der Waals surface area contributed by atoms with E-state index in [1.807, 2.05) is 25.2 Å². The maximum Gasteiger partial charge on any atom is 0.209 e. The van der Waals surface area contributed by atoms with Crippen molar-refractivity contribution >= 4 is 10.0 Å². The zero-order chi connectivity index (χ0) is 17.9. The van der Waals surface area contributed by atoms with Gasteiger partial charge in [-0.05, 0) is 36.2 Å². The number of ether oxygens (including phenoxy) is 1. The fourth-order valence-corrected chi connectivity index (χ4v) is 3.69. The van der Waals surface area contributed by atoms with Crippen LogP contribution in [-0.2, 0) is 23.0 Å². The number of hydrogen-bond donors (Lipinski definition) is 2. The lowest BCUT2D eigenvalue weighted by atomic mass is 9.83. The third-order valence-corrected chi connectivity index (χ3v) is 5.25. The number of rotatable bonds is 6. The summed E-state index contributed by atoms with van der Waals surface area (Å²) in [6, 6.07) is 16.5. The van der Waals surface area contributed by atoms with Crippen LogP contribution in [0.1, 0.15) is 22.6 Å². The first-order chi connectivity index (χ1) is 12.0. The van der Waals surface area contributed by atoms with E-state index < -0.39 is 10.0 Å². The van der Waals surface area contributed by atoms with Gasteiger partial charge in [0.25, 0.3) is 0 Å². The van der Waals surface area contributed by atoms with Gasteiger partial charge in [-0.15, -0.1) is 0 Å². The summed E-state index contributed by atoms with van der Waals surface area (Å²) >= 11 is 0. The SMILES string of the molecule is CN[C@H]1COc2ccc(CNS(C)(=O)=O)cc2[C@H]1Cc1ccccc1. The summed E-state index contributed by atoms with van der Waals surface area (Å²) in [5, 5.41) is 3.35. The number of likely N-dealkylation sites (N-methyl/N-ethyl adjacent to an activating group) is 1. The molecule has 2 aromatic carbocycles. The molecule has 6 heteroatoms. The summed E-state index contributed by atoms with van der Waals surface area (Å²) in [4.78, 5) is 0. The Morgan fingerprint density at radius 2 is 1.88 bits per heavy atom. The Hall–Kier alpha value is -1.89. The molecule has 0 amide bonds. The molecule has 0 spiro atoms. The van der Waals surface area contributed by atoms with Crippen molar-refractivity contribution in [1.82, 2.24) is 10.0 Å². The van der Waals surface area contributed by atoms with Gasteiger partial charge in [-0.1, -0.05) is 42.5 Å². The number of fused-ring (bicyclic) bond motifs is 1. The summed E-state index contributed by atoms with van der Waals surface area (Å²) in [6.07, 6.45) is 2.08. The topological polar surface area (TPSA) is 67.4 Å². The smallest absolute Gasteiger partial charge is 0.209 e. The normalized spacial score (nSPS) is 19.9. The van der Waals surface area contributed by atoms with Gasteiger partial charge in [0.15, 0.2) is 0 Å². The zero-order valence-electron chi connectivity index (χ0n) is 14.5. The van der Waals surface area contributed by atoms with E-state index in [2.05, 4.69) is 40.4 Å². The molecule has 25 heavy (non-hydrogen) atoms. The lowest BCUT2D eigenvalue weighted by molar-refractivity contribution is 0.218. The molecule has 0 fully saturated rings. The van der Waals surface area contributed by atoms with E-state index in [1.165, 1.54) is 11.8 Å². The predicted octanol–water partition coefficient (Wildman–Crippen LogP) is 2.04. The van der Waals surface area contributed by atoms with Crippen molar-refractivity contribution in [1.29, 1.82) is 0 Å². The average molecular weight is 360 g/mol. The van der Waals surface area contributed by atoms with E-state index in [-0.39, 0.29) is 18.5 Å². The van der Waals surface area contributed by atoms with Gasteiger partial charge in [0.2, 0.25) is 10.0 Å². The minimum absolute atomic E-state index is 0.214. The quantitative estimate of drug-likeness (QED) is 0.827. The molecule has 1 aliphatic heterocycles. The van der Waals surface area contributed by atoms with Crippen LogP contribution >= 0.6 is 0 Å². The lowest BCUT2D eigenvalue weighted by Crippen LogP contribution is -2.41. The second-order valence-corrected chi connectivity index (χ2v) is 8.30. The fourth-order valence-electron chi connectivity index (χ4n) is 3.26. The van der Waals surface area contributed by atoms with Crippen LogP contribution in [0, 0.1) is 0 Å². The molecule has 2 atom stereocenters. The van der Waals surface area contributed by atoms with Crippen molar-refractivity contribution in [3.8, 4) is 5.75 Å². The third kappa shape index (κ3) is 4.60. The molecule has 0 aliphatic carbocycles. The molecule has 3 rings (SSSR count). The van der Waals surface area contributed by atoms with E-state index in [0.29, 0.717) is 6.61 Å². The van der Waals surface area contributed by atoms with Crippen molar-refractivity contribution in [3.05, 3.63) is 65.2 Å². The first kappa shape index (κ1) is 17.9. The molecule has 0 bridgehead atoms. The first-order valence-corrected chi connectivity index (χ1v) is 10.3. The van der Waals surface area contributed by atoms with E-state index in [1.54, 1.807) is 0 Å². The number of hydrogen-bond acceptors (Lipinski definition) is 4. The molecule has 1 heterocycles. The van der Waals surface area contributed by atoms with E-state index >= 15 is 0 Å². The van der Waals surface area contributed by atoms with Crippen molar-refractivity contribution < 1.29 is 13.2 Å². The van der Waals surface area contributed by atoms with Crippen LogP contribution in [0.3, 0.4) is 0 Å². The largest absolute Gasteiger partial charge is 0.492 e. The van der Waals surface area contributed by atoms with Crippen molar-refractivity contribution in [2.24, 2.45) is 0 Å². The Bertz CT molecular complexity index is 822. The maximum absolute atomic E-state index is 11.4. The predicted molar refractivity (Wildman–Crippen MR) is 99.4 cm³/mol. The molecule has 0 saturated carbocycles. The van der Waals surface area contributed by atoms with Crippen LogP contribution in [-0.4, -0.2) is 34.4 Å². The van der Waals surface area contributed by atoms with Gasteiger partial charge in [0.1, 0.15) is 12.4 Å². The standard InChI is InChI=1S/C19H24N2O3S/c1-20-18-13-24-19-9-8-15(12-21-25(2,22)23)11-17(19)16(18)10-14-6-4-3-5-7-14/h3-9,11,16,18,20-21H,10,12-13H2,1-2H3/t16-,18+/m1/s1. The molecule has 2 aromatic rings. The summed E-state index contributed by atoms with van der Waals surface area (Å²) in [7, 11) is -1.26. The maximum atomic E-state index is 11.4. The summed E-state index contributed by atoms with van der Waals surface area (Å²) in [5.74, 6) is 1.16. The van der Waals surface area contributed by atoms with Crippen molar-refractivity contribution in [2.75, 3.05) is 19.9 Å². The minimum Gasteiger partial charge on any atom is -0.492 e. The summed E-state index contributed by atoms with van der Waals surface area (Å²) < 4.78 is 31.1. The molecule has 2 N–H and O–H groups in total. The highest BCUT2D eigenvalue weighted by atomic mass is 32.2. The monoisotopic (exact) mass is 360 g/mol. The molecule has 0 saturated heterocycles. The van der Waals surface area contributed by atoms with Gasteiger partial charge in [-0.3, -0.25) is 0 Å². The Morgan fingerprint density at radius 3 is 2.56 bits per heavy atom. The van der Waals surface area contributed by atoms with Gasteiger partial charge in [-0.2, -0.15) is 0 Å². The van der Waals surface area contributed by atoms with Crippen molar-refractivity contribution in [3.63, 3.8) is 0 Å². The van der Waals surface area contributed by atoms with Gasteiger partial charge < -0.3 is 10.1 Å². The highest BCUT2D eigenvalue weighted by molar-refractivity contribution is 7.88. The second kappa shape index (κ2) is 7.56. The first-order valence-electron chi connectivity index (χ1n) is 8.38. The third-order valence-electron chi connectivity index (χ3n) is 4.59. The van der Waals surface area contributed by atoms with Crippen LogP contribution in [0.15, 0.2) is 48.5 Å². The fraction of sp³-hybridized carbons (Fsp3) is 0.368. The molecule has 0 radical (unpaired) electrons. The Kier molecular flexibility index (Phi) is 5.42. The summed E-state index contributed by atoms with van der Waals surface area (Å²) in [5.41, 5.74) is 3.34. The highest BCUT2D eigenvalue weighted by Gasteiger charge is 2.30. The molecular formula is C19H24N2O3S. The zero-order valence-corrected chi connectivity index (χ0v) is 15.3. The van der Waals surface area contributed by atoms with Crippen LogP contribution in [0.4, 0.5) is 0 Å². The average Bonchev–Trinajstić information content (AvgIpc) is 2.60. The molecule has 0 unspecified atom stereocenters. The number of benzene rings is 2. The van der Waals surface area contributed by atoms with Crippen LogP contribution < -0.4 is 14.8 Å². The van der Waals surface area contributed by atoms with Gasteiger partial charge >= 0.3 is 0 Å². The van der Waals surface area contributed by atoms with Gasteiger partial charge in [0, 0.05) is 18.5 Å². The molecule has 0 aromatic heterocycles. The van der Waals surface area contributed by atoms with E-state index in [4.69, 9.17) is 4.74 Å². The summed E-state index contributed by atoms with van der Waals surface area (Å²) in [6.45, 7) is 0.913.